The Morgan fingerprint density at radius 2 is 2.27 bits per heavy atom. The van der Waals surface area contributed by atoms with Crippen molar-refractivity contribution < 1.29 is 9.53 Å². The van der Waals surface area contributed by atoms with Crippen LogP contribution in [0, 0.1) is 5.41 Å². The first kappa shape index (κ1) is 15.2. The smallest absolute Gasteiger partial charge is 0.315 e. The van der Waals surface area contributed by atoms with Crippen molar-refractivity contribution in [3.63, 3.8) is 0 Å². The van der Waals surface area contributed by atoms with Crippen molar-refractivity contribution in [2.75, 3.05) is 20.3 Å². The van der Waals surface area contributed by atoms with E-state index in [-0.39, 0.29) is 17.5 Å². The Labute approximate surface area is 130 Å². The fourth-order valence-corrected chi connectivity index (χ4v) is 3.00. The molecule has 1 atom stereocenters. The highest BCUT2D eigenvalue weighted by Crippen LogP contribution is 2.40. The monoisotopic (exact) mass is 308 g/mol. The summed E-state index contributed by atoms with van der Waals surface area (Å²) in [5, 5.41) is 17.6. The Balaban J connectivity index is 1.49. The largest absolute Gasteiger partial charge is 0.384 e. The number of rotatable bonds is 7. The average molecular weight is 308 g/mol. The highest BCUT2D eigenvalue weighted by Gasteiger charge is 2.37. The lowest BCUT2D eigenvalue weighted by Crippen LogP contribution is -2.48. The van der Waals surface area contributed by atoms with Gasteiger partial charge in [-0.1, -0.05) is 6.42 Å². The van der Waals surface area contributed by atoms with Crippen LogP contribution in [0.2, 0.25) is 0 Å². The first-order valence-electron chi connectivity index (χ1n) is 7.95. The van der Waals surface area contributed by atoms with E-state index in [1.54, 1.807) is 7.11 Å². The topological polar surface area (TPSA) is 94.0 Å². The molecule has 8 nitrogen and oxygen atoms in total. The molecule has 122 valence electrons. The Hall–Kier alpha value is -1.70. The van der Waals surface area contributed by atoms with E-state index in [1.165, 1.54) is 6.42 Å². The third-order valence-electron chi connectivity index (χ3n) is 4.63. The van der Waals surface area contributed by atoms with Crippen LogP contribution in [-0.2, 0) is 4.74 Å². The summed E-state index contributed by atoms with van der Waals surface area (Å²) in [4.78, 5) is 12.1. The van der Waals surface area contributed by atoms with Crippen molar-refractivity contribution in [2.45, 2.75) is 51.1 Å². The minimum atomic E-state index is -0.213. The molecule has 2 aliphatic rings. The molecule has 0 saturated heterocycles. The van der Waals surface area contributed by atoms with Crippen LogP contribution < -0.4 is 10.6 Å². The fourth-order valence-electron chi connectivity index (χ4n) is 3.00. The molecule has 2 aliphatic carbocycles. The summed E-state index contributed by atoms with van der Waals surface area (Å²) >= 11 is 0. The number of aromatic nitrogens is 4. The zero-order valence-corrected chi connectivity index (χ0v) is 13.2. The van der Waals surface area contributed by atoms with Gasteiger partial charge in [0, 0.05) is 19.1 Å². The predicted molar refractivity (Wildman–Crippen MR) is 79.2 cm³/mol. The first-order chi connectivity index (χ1) is 10.6. The maximum absolute atomic E-state index is 12.1. The molecule has 1 aromatic heterocycles. The number of urea groups is 1. The van der Waals surface area contributed by atoms with Crippen molar-refractivity contribution in [1.29, 1.82) is 0 Å². The highest BCUT2D eigenvalue weighted by atomic mass is 16.5. The molecule has 0 unspecified atom stereocenters. The molecule has 0 bridgehead atoms. The molecule has 3 rings (SSSR count). The van der Waals surface area contributed by atoms with E-state index in [0.717, 1.165) is 25.7 Å². The zero-order chi connectivity index (χ0) is 15.6. The van der Waals surface area contributed by atoms with Crippen LogP contribution in [0.1, 0.15) is 56.9 Å². The lowest BCUT2D eigenvalue weighted by atomic mass is 9.69. The van der Waals surface area contributed by atoms with E-state index >= 15 is 0 Å². The maximum atomic E-state index is 12.1. The van der Waals surface area contributed by atoms with Crippen molar-refractivity contribution >= 4 is 6.03 Å². The van der Waals surface area contributed by atoms with Crippen molar-refractivity contribution in [3.05, 3.63) is 5.82 Å². The summed E-state index contributed by atoms with van der Waals surface area (Å²) in [6.45, 7) is 3.24. The summed E-state index contributed by atoms with van der Waals surface area (Å²) in [6.07, 6.45) is 5.64. The van der Waals surface area contributed by atoms with Crippen LogP contribution in [-0.4, -0.2) is 46.5 Å². The second-order valence-corrected chi connectivity index (χ2v) is 6.55. The molecule has 22 heavy (non-hydrogen) atoms. The Morgan fingerprint density at radius 3 is 2.86 bits per heavy atom. The van der Waals surface area contributed by atoms with Crippen LogP contribution in [0.15, 0.2) is 0 Å². The minimum absolute atomic E-state index is 0.116. The summed E-state index contributed by atoms with van der Waals surface area (Å²) in [7, 11) is 1.71. The van der Waals surface area contributed by atoms with Crippen LogP contribution >= 0.6 is 0 Å². The van der Waals surface area contributed by atoms with Gasteiger partial charge in [0.15, 0.2) is 5.82 Å². The lowest BCUT2D eigenvalue weighted by Gasteiger charge is -2.41. The van der Waals surface area contributed by atoms with Gasteiger partial charge in [-0.05, 0) is 43.0 Å². The van der Waals surface area contributed by atoms with E-state index in [1.807, 2.05) is 11.6 Å². The molecule has 1 aromatic rings. The maximum Gasteiger partial charge on any atom is 0.315 e. The molecule has 8 heteroatoms. The van der Waals surface area contributed by atoms with Gasteiger partial charge in [0.2, 0.25) is 0 Å². The van der Waals surface area contributed by atoms with E-state index in [2.05, 4.69) is 26.2 Å². The zero-order valence-electron chi connectivity index (χ0n) is 13.2. The number of tetrazole rings is 1. The normalized spacial score (nSPS) is 21.0. The number of ether oxygens (including phenoxy) is 1. The molecule has 2 saturated carbocycles. The highest BCUT2D eigenvalue weighted by molar-refractivity contribution is 5.74. The molecule has 0 radical (unpaired) electrons. The summed E-state index contributed by atoms with van der Waals surface area (Å²) in [6, 6.07) is 0.00727. The molecular formula is C14H24N6O2. The summed E-state index contributed by atoms with van der Waals surface area (Å²) in [5.41, 5.74) is 0.116. The van der Waals surface area contributed by atoms with Crippen LogP contribution in [0.4, 0.5) is 4.79 Å². The van der Waals surface area contributed by atoms with Gasteiger partial charge in [0.25, 0.3) is 0 Å². The van der Waals surface area contributed by atoms with Gasteiger partial charge in [0.1, 0.15) is 0 Å². The lowest BCUT2D eigenvalue weighted by molar-refractivity contribution is 0.0199. The average Bonchev–Trinajstić information content (AvgIpc) is 3.18. The van der Waals surface area contributed by atoms with Gasteiger partial charge in [0.05, 0.1) is 18.7 Å². The van der Waals surface area contributed by atoms with Gasteiger partial charge in [-0.3, -0.25) is 0 Å². The van der Waals surface area contributed by atoms with Gasteiger partial charge in [-0.2, -0.15) is 0 Å². The number of hydrogen-bond donors (Lipinski definition) is 2. The Morgan fingerprint density at radius 1 is 1.50 bits per heavy atom. The molecule has 0 spiro atoms. The molecule has 2 amide bonds. The van der Waals surface area contributed by atoms with Crippen LogP contribution in [0.25, 0.3) is 0 Å². The Bertz CT molecular complexity index is 523. The molecule has 0 aliphatic heterocycles. The summed E-state index contributed by atoms with van der Waals surface area (Å²) in [5.74, 6) is 0.716. The molecule has 0 aromatic carbocycles. The molecular weight excluding hydrogens is 284 g/mol. The quantitative estimate of drug-likeness (QED) is 0.789. The fraction of sp³-hybridized carbons (Fsp3) is 0.857. The van der Waals surface area contributed by atoms with Crippen LogP contribution in [0.5, 0.6) is 0 Å². The number of hydrogen-bond acceptors (Lipinski definition) is 5. The third-order valence-corrected chi connectivity index (χ3v) is 4.63. The van der Waals surface area contributed by atoms with Crippen molar-refractivity contribution in [2.24, 2.45) is 5.41 Å². The van der Waals surface area contributed by atoms with E-state index in [4.69, 9.17) is 4.74 Å². The van der Waals surface area contributed by atoms with Gasteiger partial charge < -0.3 is 15.4 Å². The summed E-state index contributed by atoms with van der Waals surface area (Å²) < 4.78 is 7.09. The third kappa shape index (κ3) is 3.21. The first-order valence-corrected chi connectivity index (χ1v) is 7.95. The van der Waals surface area contributed by atoms with E-state index < -0.39 is 0 Å². The van der Waals surface area contributed by atoms with Gasteiger partial charge in [-0.15, -0.1) is 5.10 Å². The Kier molecular flexibility index (Phi) is 4.28. The van der Waals surface area contributed by atoms with Crippen LogP contribution in [0.3, 0.4) is 0 Å². The number of nitrogens with zero attached hydrogens (tertiary/aromatic N) is 4. The van der Waals surface area contributed by atoms with E-state index in [0.29, 0.717) is 25.0 Å². The molecule has 1 heterocycles. The van der Waals surface area contributed by atoms with Crippen molar-refractivity contribution in [3.8, 4) is 0 Å². The molecule has 2 fully saturated rings. The SMILES string of the molecule is COCC1(CNC(=O)N[C@@H](C)c2nnnn2C2CC2)CCC1. The number of carbonyl (C=O) groups is 1. The molecule has 2 N–H and O–H groups in total. The number of nitrogens with one attached hydrogen (secondary N) is 2. The standard InChI is InChI=1S/C14H24N6O2/c1-10(12-17-18-19-20(12)11-4-5-11)16-13(21)15-8-14(9-22-2)6-3-7-14/h10-11H,3-9H2,1-2H3,(H2,15,16,21)/t10-/m0/s1. The minimum Gasteiger partial charge on any atom is -0.384 e. The van der Waals surface area contributed by atoms with E-state index in [9.17, 15) is 4.79 Å². The predicted octanol–water partition coefficient (Wildman–Crippen LogP) is 1.18. The number of amides is 2. The van der Waals surface area contributed by atoms with Gasteiger partial charge in [-0.25, -0.2) is 9.48 Å². The number of methoxy groups -OCH3 is 1. The second kappa shape index (κ2) is 6.20. The number of carbonyl (C=O) groups excluding carboxylic acids is 1. The van der Waals surface area contributed by atoms with Gasteiger partial charge >= 0.3 is 6.03 Å². The van der Waals surface area contributed by atoms with Crippen molar-refractivity contribution in [1.82, 2.24) is 30.8 Å². The second-order valence-electron chi connectivity index (χ2n) is 6.55.